The minimum atomic E-state index is -3.83. The van der Waals surface area contributed by atoms with Crippen LogP contribution in [0.1, 0.15) is 29.3 Å². The summed E-state index contributed by atoms with van der Waals surface area (Å²) < 4.78 is 55.4. The number of rotatable bonds is 7. The van der Waals surface area contributed by atoms with Gasteiger partial charge in [-0.3, -0.25) is 19.6 Å². The van der Waals surface area contributed by atoms with E-state index in [4.69, 9.17) is 0 Å². The van der Waals surface area contributed by atoms with E-state index in [2.05, 4.69) is 24.9 Å². The molecule has 0 aliphatic heterocycles. The summed E-state index contributed by atoms with van der Waals surface area (Å²) in [4.78, 5) is 21.7. The summed E-state index contributed by atoms with van der Waals surface area (Å²) in [5.74, 6) is -3.58. The summed E-state index contributed by atoms with van der Waals surface area (Å²) in [6.45, 7) is 1.65. The highest BCUT2D eigenvalue weighted by molar-refractivity contribution is 7.92. The highest BCUT2D eigenvalue weighted by Gasteiger charge is 2.24. The molecule has 11 heteroatoms. The lowest BCUT2D eigenvalue weighted by Gasteiger charge is -2.12. The summed E-state index contributed by atoms with van der Waals surface area (Å²) in [7, 11) is -3.83. The Balaban J connectivity index is 1.74. The van der Waals surface area contributed by atoms with Gasteiger partial charge in [0.25, 0.3) is 0 Å². The Hall–Kier alpha value is -3.73. The minimum Gasteiger partial charge on any atom is -0.288 e. The Bertz CT molecular complexity index is 1420. The number of ketones is 1. The fourth-order valence-corrected chi connectivity index (χ4v) is 4.29. The van der Waals surface area contributed by atoms with Crippen molar-refractivity contribution < 1.29 is 22.0 Å². The van der Waals surface area contributed by atoms with E-state index in [0.717, 1.165) is 12.1 Å². The summed E-state index contributed by atoms with van der Waals surface area (Å²) in [6, 6.07) is 6.05. The van der Waals surface area contributed by atoms with E-state index < -0.39 is 38.7 Å². The van der Waals surface area contributed by atoms with Crippen molar-refractivity contribution in [3.05, 3.63) is 71.7 Å². The predicted molar refractivity (Wildman–Crippen MR) is 115 cm³/mol. The molecule has 0 atom stereocenters. The minimum absolute atomic E-state index is 0.0255. The Labute approximate surface area is 181 Å². The topological polar surface area (TPSA) is 118 Å². The molecule has 164 valence electrons. The van der Waals surface area contributed by atoms with Gasteiger partial charge in [0.2, 0.25) is 10.0 Å². The molecule has 2 heterocycles. The zero-order valence-corrected chi connectivity index (χ0v) is 17.6. The molecule has 0 aliphatic rings. The van der Waals surface area contributed by atoms with Gasteiger partial charge in [-0.25, -0.2) is 22.2 Å². The van der Waals surface area contributed by atoms with E-state index >= 15 is 0 Å². The van der Waals surface area contributed by atoms with Crippen LogP contribution in [0.2, 0.25) is 0 Å². The number of nitrogens with one attached hydrogen (secondary N) is 2. The first-order valence-electron chi connectivity index (χ1n) is 9.58. The molecular weight excluding hydrogens is 440 g/mol. The van der Waals surface area contributed by atoms with E-state index in [9.17, 15) is 22.0 Å². The fraction of sp³-hybridized carbons (Fsp3) is 0.143. The Morgan fingerprint density at radius 3 is 2.66 bits per heavy atom. The number of aromatic nitrogens is 4. The molecule has 0 radical (unpaired) electrons. The molecule has 32 heavy (non-hydrogen) atoms. The van der Waals surface area contributed by atoms with Crippen LogP contribution in [0.5, 0.6) is 0 Å². The second kappa shape index (κ2) is 8.42. The largest absolute Gasteiger partial charge is 0.288 e. The number of aromatic amines is 1. The Kier molecular flexibility index (Phi) is 5.66. The molecule has 0 bridgehead atoms. The molecule has 4 rings (SSSR count). The molecule has 2 aromatic carbocycles. The number of hydrogen-bond acceptors (Lipinski definition) is 6. The van der Waals surface area contributed by atoms with Gasteiger partial charge in [0.05, 0.1) is 46.1 Å². The maximum atomic E-state index is 15.0. The molecule has 2 aromatic heterocycles. The van der Waals surface area contributed by atoms with Gasteiger partial charge in [-0.05, 0) is 36.8 Å². The molecule has 0 amide bonds. The Morgan fingerprint density at radius 2 is 1.94 bits per heavy atom. The zero-order chi connectivity index (χ0) is 22.9. The van der Waals surface area contributed by atoms with E-state index in [0.29, 0.717) is 28.7 Å². The van der Waals surface area contributed by atoms with E-state index in [1.54, 1.807) is 25.5 Å². The van der Waals surface area contributed by atoms with Crippen LogP contribution in [0.15, 0.2) is 48.9 Å². The molecular formula is C21H17F2N5O3S. The number of fused-ring (bicyclic) bond motifs is 1. The zero-order valence-electron chi connectivity index (χ0n) is 16.8. The number of carbonyl (C=O) groups excluding carboxylic acids is 1. The molecule has 8 nitrogen and oxygen atoms in total. The summed E-state index contributed by atoms with van der Waals surface area (Å²) >= 11 is 0. The molecule has 2 N–H and O–H groups in total. The highest BCUT2D eigenvalue weighted by atomic mass is 32.2. The molecule has 0 spiro atoms. The average molecular weight is 457 g/mol. The number of sulfonamides is 1. The van der Waals surface area contributed by atoms with Gasteiger partial charge in [-0.1, -0.05) is 6.92 Å². The first-order valence-corrected chi connectivity index (χ1v) is 11.2. The second-order valence-corrected chi connectivity index (χ2v) is 8.82. The van der Waals surface area contributed by atoms with Crippen LogP contribution in [-0.4, -0.2) is 40.1 Å². The SMILES string of the molecule is CCCS(=O)(=O)Nc1ccc(F)c(C(=O)c2ccc3ncc(-c4cn[nH]c4)nc3c2)c1F. The lowest BCUT2D eigenvalue weighted by atomic mass is 10.0. The lowest BCUT2D eigenvalue weighted by Crippen LogP contribution is -2.18. The van der Waals surface area contributed by atoms with E-state index in [1.807, 2.05) is 0 Å². The van der Waals surface area contributed by atoms with Crippen LogP contribution in [0.3, 0.4) is 0 Å². The number of nitrogens with zero attached hydrogens (tertiary/aromatic N) is 3. The van der Waals surface area contributed by atoms with Crippen molar-refractivity contribution in [1.29, 1.82) is 0 Å². The first kappa shape index (κ1) is 21.5. The quantitative estimate of drug-likeness (QED) is 0.409. The van der Waals surface area contributed by atoms with Crippen molar-refractivity contribution in [2.24, 2.45) is 0 Å². The summed E-state index contributed by atoms with van der Waals surface area (Å²) in [6.07, 6.45) is 5.03. The van der Waals surface area contributed by atoms with Crippen LogP contribution in [0.4, 0.5) is 14.5 Å². The van der Waals surface area contributed by atoms with Gasteiger partial charge in [-0.2, -0.15) is 5.10 Å². The van der Waals surface area contributed by atoms with Gasteiger partial charge in [0.15, 0.2) is 11.6 Å². The summed E-state index contributed by atoms with van der Waals surface area (Å²) in [5.41, 5.74) is 0.625. The maximum absolute atomic E-state index is 15.0. The van der Waals surface area contributed by atoms with Crippen LogP contribution in [0, 0.1) is 11.6 Å². The van der Waals surface area contributed by atoms with Gasteiger partial charge >= 0.3 is 0 Å². The van der Waals surface area contributed by atoms with E-state index in [1.165, 1.54) is 18.2 Å². The molecule has 4 aromatic rings. The van der Waals surface area contributed by atoms with Crippen molar-refractivity contribution in [3.8, 4) is 11.3 Å². The van der Waals surface area contributed by atoms with Crippen molar-refractivity contribution >= 4 is 32.5 Å². The molecule has 0 saturated carbocycles. The third-order valence-corrected chi connectivity index (χ3v) is 6.13. The van der Waals surface area contributed by atoms with Crippen molar-refractivity contribution in [2.45, 2.75) is 13.3 Å². The normalized spacial score (nSPS) is 11.6. The third kappa shape index (κ3) is 4.19. The number of halogens is 2. The third-order valence-electron chi connectivity index (χ3n) is 4.65. The highest BCUT2D eigenvalue weighted by Crippen LogP contribution is 2.26. The molecule has 0 aliphatic carbocycles. The maximum Gasteiger partial charge on any atom is 0.232 e. The van der Waals surface area contributed by atoms with Gasteiger partial charge in [0, 0.05) is 17.3 Å². The van der Waals surface area contributed by atoms with Crippen LogP contribution < -0.4 is 4.72 Å². The van der Waals surface area contributed by atoms with Crippen molar-refractivity contribution in [3.63, 3.8) is 0 Å². The van der Waals surface area contributed by atoms with Crippen molar-refractivity contribution in [1.82, 2.24) is 20.2 Å². The monoisotopic (exact) mass is 457 g/mol. The van der Waals surface area contributed by atoms with Crippen LogP contribution in [-0.2, 0) is 10.0 Å². The fourth-order valence-electron chi connectivity index (χ4n) is 3.15. The number of anilines is 1. The predicted octanol–water partition coefficient (Wildman–Crippen LogP) is 3.68. The van der Waals surface area contributed by atoms with Crippen LogP contribution >= 0.6 is 0 Å². The lowest BCUT2D eigenvalue weighted by molar-refractivity contribution is 0.103. The number of benzene rings is 2. The van der Waals surface area contributed by atoms with Crippen LogP contribution in [0.25, 0.3) is 22.3 Å². The van der Waals surface area contributed by atoms with Gasteiger partial charge in [-0.15, -0.1) is 0 Å². The summed E-state index contributed by atoms with van der Waals surface area (Å²) in [5, 5.41) is 6.51. The molecule has 0 fully saturated rings. The molecule has 0 unspecified atom stereocenters. The second-order valence-electron chi connectivity index (χ2n) is 6.98. The molecule has 0 saturated heterocycles. The van der Waals surface area contributed by atoms with Gasteiger partial charge in [0.1, 0.15) is 5.82 Å². The first-order chi connectivity index (χ1) is 15.3. The standard InChI is InChI=1S/C21H17F2N5O3S/c1-2-7-32(30,31)28-16-6-4-14(22)19(20(16)23)21(29)12-3-5-15-17(8-12)27-18(11-24-15)13-9-25-26-10-13/h3-6,8-11,28H,2,7H2,1H3,(H,25,26). The number of carbonyl (C=O) groups is 1. The van der Waals surface area contributed by atoms with Crippen molar-refractivity contribution in [2.75, 3.05) is 10.5 Å². The number of H-pyrrole nitrogens is 1. The number of hydrogen-bond donors (Lipinski definition) is 2. The smallest absolute Gasteiger partial charge is 0.232 e. The Morgan fingerprint density at radius 1 is 1.12 bits per heavy atom. The van der Waals surface area contributed by atoms with E-state index in [-0.39, 0.29) is 11.3 Å². The van der Waals surface area contributed by atoms with Gasteiger partial charge < -0.3 is 0 Å². The average Bonchev–Trinajstić information content (AvgIpc) is 3.30.